The van der Waals surface area contributed by atoms with Gasteiger partial charge in [-0.25, -0.2) is 4.79 Å². The number of oxime groups is 1. The number of benzene rings is 2. The number of hydrogen-bond donors (Lipinski definition) is 0. The first-order valence-electron chi connectivity index (χ1n) is 9.27. The summed E-state index contributed by atoms with van der Waals surface area (Å²) < 4.78 is 13.0. The second-order valence-electron chi connectivity index (χ2n) is 6.46. The lowest BCUT2D eigenvalue weighted by atomic mass is 10.0. The monoisotopic (exact) mass is 455 g/mol. The van der Waals surface area contributed by atoms with Crippen molar-refractivity contribution in [3.05, 3.63) is 75.8 Å². The highest BCUT2D eigenvalue weighted by atomic mass is 79.9. The van der Waals surface area contributed by atoms with Gasteiger partial charge in [-0.15, -0.1) is 6.58 Å². The number of hydrogen-bond acceptors (Lipinski definition) is 5. The van der Waals surface area contributed by atoms with Crippen molar-refractivity contribution < 1.29 is 19.1 Å². The van der Waals surface area contributed by atoms with Gasteiger partial charge in [0.05, 0.1) is 17.9 Å². The van der Waals surface area contributed by atoms with E-state index in [1.165, 1.54) is 0 Å². The van der Waals surface area contributed by atoms with Gasteiger partial charge in [-0.05, 0) is 61.7 Å². The smallest absolute Gasteiger partial charge is 0.367 e. The predicted octanol–water partition coefficient (Wildman–Crippen LogP) is 5.47. The summed E-state index contributed by atoms with van der Waals surface area (Å²) in [6.45, 7) is 8.41. The molecule has 0 saturated carbocycles. The molecule has 0 aromatic heterocycles. The van der Waals surface area contributed by atoms with Gasteiger partial charge in [0, 0.05) is 10.0 Å². The first kappa shape index (κ1) is 20.9. The van der Waals surface area contributed by atoms with E-state index in [1.54, 1.807) is 13.0 Å². The van der Waals surface area contributed by atoms with Crippen molar-refractivity contribution in [1.29, 1.82) is 0 Å². The van der Waals surface area contributed by atoms with E-state index in [1.807, 2.05) is 49.4 Å². The molecule has 1 aliphatic rings. The quantitative estimate of drug-likeness (QED) is 0.300. The largest absolute Gasteiger partial charge is 0.490 e. The Balaban J connectivity index is 1.96. The number of halogens is 1. The highest BCUT2D eigenvalue weighted by Crippen LogP contribution is 2.35. The fraction of sp³-hybridized carbons (Fsp3) is 0.217. The molecule has 1 aliphatic heterocycles. The van der Waals surface area contributed by atoms with Gasteiger partial charge < -0.3 is 14.3 Å². The fourth-order valence-corrected chi connectivity index (χ4v) is 3.19. The Morgan fingerprint density at radius 1 is 1.21 bits per heavy atom. The van der Waals surface area contributed by atoms with E-state index in [9.17, 15) is 4.79 Å². The zero-order chi connectivity index (χ0) is 20.8. The molecule has 2 aromatic rings. The molecular formula is C23H22BrNO4. The van der Waals surface area contributed by atoms with Gasteiger partial charge in [0.1, 0.15) is 6.61 Å². The molecule has 5 nitrogen and oxygen atoms in total. The maximum Gasteiger partial charge on any atom is 0.367 e. The van der Waals surface area contributed by atoms with E-state index in [-0.39, 0.29) is 0 Å². The first-order chi connectivity index (χ1) is 14.0. The summed E-state index contributed by atoms with van der Waals surface area (Å²) in [6, 6.07) is 11.8. The van der Waals surface area contributed by atoms with Crippen LogP contribution in [0, 0.1) is 0 Å². The Labute approximate surface area is 178 Å². The Kier molecular flexibility index (Phi) is 6.88. The zero-order valence-corrected chi connectivity index (χ0v) is 18.0. The number of carbonyl (C=O) groups is 1. The lowest BCUT2D eigenvalue weighted by Gasteiger charge is -2.17. The average Bonchev–Trinajstić information content (AvgIpc) is 3.01. The zero-order valence-electron chi connectivity index (χ0n) is 16.4. The van der Waals surface area contributed by atoms with E-state index in [4.69, 9.17) is 14.3 Å². The third kappa shape index (κ3) is 5.15. The van der Waals surface area contributed by atoms with Gasteiger partial charge in [-0.3, -0.25) is 0 Å². The molecule has 0 N–H and O–H groups in total. The second-order valence-corrected chi connectivity index (χ2v) is 7.38. The van der Waals surface area contributed by atoms with Crippen molar-refractivity contribution in [1.82, 2.24) is 0 Å². The number of carbonyl (C=O) groups excluding carboxylic acids is 1. The van der Waals surface area contributed by atoms with Crippen molar-refractivity contribution in [3.8, 4) is 11.5 Å². The number of nitrogens with zero attached hydrogens (tertiary/aromatic N) is 1. The summed E-state index contributed by atoms with van der Waals surface area (Å²) >= 11 is 3.44. The lowest BCUT2D eigenvalue weighted by molar-refractivity contribution is -0.136. The molecule has 0 fully saturated rings. The fourth-order valence-electron chi connectivity index (χ4n) is 2.92. The van der Waals surface area contributed by atoms with Crippen LogP contribution in [0.5, 0.6) is 11.5 Å². The van der Waals surface area contributed by atoms with E-state index >= 15 is 0 Å². The Morgan fingerprint density at radius 3 is 2.59 bits per heavy atom. The van der Waals surface area contributed by atoms with Crippen molar-refractivity contribution in [2.45, 2.75) is 26.9 Å². The maximum absolute atomic E-state index is 11.9. The van der Waals surface area contributed by atoms with Crippen LogP contribution in [0.15, 0.2) is 64.3 Å². The summed E-state index contributed by atoms with van der Waals surface area (Å²) in [4.78, 5) is 16.6. The van der Waals surface area contributed by atoms with Crippen LogP contribution in [-0.4, -0.2) is 18.3 Å². The number of ether oxygens (including phenoxy) is 2. The predicted molar refractivity (Wildman–Crippen MR) is 117 cm³/mol. The Morgan fingerprint density at radius 2 is 1.97 bits per heavy atom. The molecule has 2 aromatic carbocycles. The molecule has 0 amide bonds. The van der Waals surface area contributed by atoms with Gasteiger partial charge in [0.15, 0.2) is 11.5 Å². The molecule has 0 radical (unpaired) electrons. The summed E-state index contributed by atoms with van der Waals surface area (Å²) in [5, 5.41) is 3.72. The van der Waals surface area contributed by atoms with Crippen LogP contribution in [-0.2, 0) is 22.7 Å². The average molecular weight is 456 g/mol. The van der Waals surface area contributed by atoms with Crippen LogP contribution in [0.1, 0.15) is 30.5 Å². The lowest BCUT2D eigenvalue weighted by Crippen LogP contribution is -2.04. The first-order valence-corrected chi connectivity index (χ1v) is 10.1. The van der Waals surface area contributed by atoms with Crippen molar-refractivity contribution in [3.63, 3.8) is 0 Å². The summed E-state index contributed by atoms with van der Waals surface area (Å²) in [5.74, 6) is 0.842. The van der Waals surface area contributed by atoms with E-state index in [0.29, 0.717) is 42.4 Å². The SMILES string of the molecule is C=CCc1cc(/C=C2\C(=O)ON=C2C)cc(OCC)c1OCc1ccc(Br)cc1. The van der Waals surface area contributed by atoms with Crippen molar-refractivity contribution in [2.75, 3.05) is 6.61 Å². The molecule has 0 atom stereocenters. The third-order valence-corrected chi connectivity index (χ3v) is 4.83. The third-order valence-electron chi connectivity index (χ3n) is 4.30. The number of rotatable bonds is 8. The van der Waals surface area contributed by atoms with E-state index in [2.05, 4.69) is 27.7 Å². The summed E-state index contributed by atoms with van der Waals surface area (Å²) in [6.07, 6.45) is 4.16. The number of allylic oxidation sites excluding steroid dienone is 1. The summed E-state index contributed by atoms with van der Waals surface area (Å²) in [5.41, 5.74) is 3.77. The molecule has 1 heterocycles. The van der Waals surface area contributed by atoms with Crippen LogP contribution in [0.25, 0.3) is 6.08 Å². The molecule has 29 heavy (non-hydrogen) atoms. The van der Waals surface area contributed by atoms with Crippen molar-refractivity contribution in [2.24, 2.45) is 5.16 Å². The second kappa shape index (κ2) is 9.56. The van der Waals surface area contributed by atoms with Crippen LogP contribution in [0.2, 0.25) is 0 Å². The van der Waals surface area contributed by atoms with E-state index < -0.39 is 5.97 Å². The van der Waals surface area contributed by atoms with Crippen LogP contribution in [0.3, 0.4) is 0 Å². The van der Waals surface area contributed by atoms with Crippen molar-refractivity contribution >= 4 is 33.7 Å². The van der Waals surface area contributed by atoms with Gasteiger partial charge in [0.25, 0.3) is 0 Å². The van der Waals surface area contributed by atoms with Crippen LogP contribution >= 0.6 is 15.9 Å². The minimum atomic E-state index is -0.457. The highest BCUT2D eigenvalue weighted by Gasteiger charge is 2.22. The molecule has 0 saturated heterocycles. The molecule has 0 unspecified atom stereocenters. The molecule has 6 heteroatoms. The summed E-state index contributed by atoms with van der Waals surface area (Å²) in [7, 11) is 0. The molecule has 3 rings (SSSR count). The molecule has 0 bridgehead atoms. The van der Waals surface area contributed by atoms with Gasteiger partial charge in [0.2, 0.25) is 0 Å². The molecular weight excluding hydrogens is 434 g/mol. The van der Waals surface area contributed by atoms with Gasteiger partial charge in [-0.1, -0.05) is 39.3 Å². The normalized spacial score (nSPS) is 14.5. The van der Waals surface area contributed by atoms with Gasteiger partial charge in [-0.2, -0.15) is 0 Å². The van der Waals surface area contributed by atoms with Gasteiger partial charge >= 0.3 is 5.97 Å². The standard InChI is InChI=1S/C23H22BrNO4/c1-4-6-18-11-17(12-20-15(3)25-29-23(20)26)13-21(27-5-2)22(18)28-14-16-7-9-19(24)10-8-16/h4,7-13H,1,5-6,14H2,2-3H3/b20-12-. The Hall–Kier alpha value is -2.86. The molecule has 0 aliphatic carbocycles. The minimum absolute atomic E-state index is 0.413. The molecule has 0 spiro atoms. The van der Waals surface area contributed by atoms with Crippen LogP contribution < -0.4 is 9.47 Å². The molecule has 150 valence electrons. The van der Waals surface area contributed by atoms with E-state index in [0.717, 1.165) is 21.2 Å². The Bertz CT molecular complexity index is 977. The highest BCUT2D eigenvalue weighted by molar-refractivity contribution is 9.10. The topological polar surface area (TPSA) is 57.1 Å². The minimum Gasteiger partial charge on any atom is -0.490 e. The van der Waals surface area contributed by atoms with Crippen LogP contribution in [0.4, 0.5) is 0 Å². The maximum atomic E-state index is 11.9.